The highest BCUT2D eigenvalue weighted by atomic mass is 16.2. The summed E-state index contributed by atoms with van der Waals surface area (Å²) in [4.78, 5) is 27.4. The van der Waals surface area contributed by atoms with Gasteiger partial charge in [-0.1, -0.05) is 6.07 Å². The van der Waals surface area contributed by atoms with Gasteiger partial charge in [-0.15, -0.1) is 0 Å². The fourth-order valence-electron chi connectivity index (χ4n) is 3.79. The Morgan fingerprint density at radius 2 is 2.00 bits per heavy atom. The minimum Gasteiger partial charge on any atom is -0.338 e. The molecule has 0 aromatic carbocycles. The highest BCUT2D eigenvalue weighted by molar-refractivity contribution is 5.93. The molecule has 1 aliphatic heterocycles. The first kappa shape index (κ1) is 19.1. The van der Waals surface area contributed by atoms with Gasteiger partial charge < -0.3 is 10.2 Å². The smallest absolute Gasteiger partial charge is 0.255 e. The molecule has 0 saturated carbocycles. The summed E-state index contributed by atoms with van der Waals surface area (Å²) in [5, 5.41) is 3.24. The predicted octanol–water partition coefficient (Wildman–Crippen LogP) is 4.10. The van der Waals surface area contributed by atoms with E-state index in [-0.39, 0.29) is 5.91 Å². The Morgan fingerprint density at radius 3 is 2.83 bits per heavy atom. The van der Waals surface area contributed by atoms with Gasteiger partial charge in [0.05, 0.1) is 5.56 Å². The molecule has 4 heterocycles. The zero-order chi connectivity index (χ0) is 19.9. The quantitative estimate of drug-likeness (QED) is 0.689. The second-order valence-electron chi connectivity index (χ2n) is 7.43. The van der Waals surface area contributed by atoms with Crippen molar-refractivity contribution in [3.05, 3.63) is 78.4 Å². The molecule has 1 atom stereocenters. The second-order valence-corrected chi connectivity index (χ2v) is 7.43. The number of hydrogen-bond acceptors (Lipinski definition) is 5. The van der Waals surface area contributed by atoms with Crippen LogP contribution >= 0.6 is 0 Å². The van der Waals surface area contributed by atoms with E-state index in [1.54, 1.807) is 18.6 Å². The largest absolute Gasteiger partial charge is 0.338 e. The Morgan fingerprint density at radius 1 is 1.07 bits per heavy atom. The van der Waals surface area contributed by atoms with Crippen LogP contribution in [0.4, 0.5) is 11.6 Å². The van der Waals surface area contributed by atoms with Gasteiger partial charge in [0.2, 0.25) is 0 Å². The molecule has 29 heavy (non-hydrogen) atoms. The Balaban J connectivity index is 1.33. The van der Waals surface area contributed by atoms with Crippen LogP contribution < -0.4 is 5.32 Å². The van der Waals surface area contributed by atoms with Gasteiger partial charge in [-0.2, -0.15) is 0 Å². The van der Waals surface area contributed by atoms with Gasteiger partial charge in [0.15, 0.2) is 0 Å². The standard InChI is InChI=1S/C23H25N5O/c29-23(20-6-3-11-24-16-20)28-14-4-5-19(17-28)9-8-18-10-13-26-22(15-18)27-21-7-1-2-12-25-21/h1-3,6-7,10-13,15-16,19H,4-5,8-9,14,17H2,(H,25,26,27). The number of pyridine rings is 3. The fraction of sp³-hybridized carbons (Fsp3) is 0.304. The van der Waals surface area contributed by atoms with Crippen molar-refractivity contribution in [2.24, 2.45) is 5.92 Å². The molecule has 1 fully saturated rings. The predicted molar refractivity (Wildman–Crippen MR) is 113 cm³/mol. The average Bonchev–Trinajstić information content (AvgIpc) is 2.79. The number of anilines is 2. The molecule has 1 unspecified atom stereocenters. The van der Waals surface area contributed by atoms with Gasteiger partial charge in [-0.25, -0.2) is 9.97 Å². The van der Waals surface area contributed by atoms with Crippen LogP contribution in [0.25, 0.3) is 0 Å². The topological polar surface area (TPSA) is 71.0 Å². The SMILES string of the molecule is O=C(c1cccnc1)N1CCCC(CCc2ccnc(Nc3ccccn3)c2)C1. The van der Waals surface area contributed by atoms with Gasteiger partial charge in [-0.3, -0.25) is 9.78 Å². The monoisotopic (exact) mass is 387 g/mol. The fourth-order valence-corrected chi connectivity index (χ4v) is 3.79. The summed E-state index contributed by atoms with van der Waals surface area (Å²) in [6, 6.07) is 13.5. The summed E-state index contributed by atoms with van der Waals surface area (Å²) in [6.07, 6.45) is 11.2. The van der Waals surface area contributed by atoms with Crippen molar-refractivity contribution in [1.82, 2.24) is 19.9 Å². The first-order valence-electron chi connectivity index (χ1n) is 10.1. The van der Waals surface area contributed by atoms with Gasteiger partial charge in [0, 0.05) is 37.9 Å². The first-order chi connectivity index (χ1) is 14.3. The molecule has 1 amide bonds. The minimum atomic E-state index is 0.0913. The number of nitrogens with one attached hydrogen (secondary N) is 1. The van der Waals surface area contributed by atoms with Crippen LogP contribution in [-0.4, -0.2) is 38.8 Å². The van der Waals surface area contributed by atoms with E-state index in [2.05, 4.69) is 32.4 Å². The summed E-state index contributed by atoms with van der Waals surface area (Å²) in [5.41, 5.74) is 1.92. The summed E-state index contributed by atoms with van der Waals surface area (Å²) in [6.45, 7) is 1.65. The molecule has 0 spiro atoms. The zero-order valence-corrected chi connectivity index (χ0v) is 16.4. The van der Waals surface area contributed by atoms with Crippen molar-refractivity contribution >= 4 is 17.5 Å². The highest BCUT2D eigenvalue weighted by Gasteiger charge is 2.24. The van der Waals surface area contributed by atoms with E-state index in [4.69, 9.17) is 0 Å². The Labute approximate surface area is 171 Å². The molecule has 4 rings (SSSR count). The lowest BCUT2D eigenvalue weighted by atomic mass is 9.91. The molecule has 1 N–H and O–H groups in total. The van der Waals surface area contributed by atoms with Gasteiger partial charge in [0.1, 0.15) is 11.6 Å². The minimum absolute atomic E-state index is 0.0913. The molecule has 0 bridgehead atoms. The highest BCUT2D eigenvalue weighted by Crippen LogP contribution is 2.23. The summed E-state index contributed by atoms with van der Waals surface area (Å²) in [7, 11) is 0. The number of hydrogen-bond donors (Lipinski definition) is 1. The summed E-state index contributed by atoms with van der Waals surface area (Å²) < 4.78 is 0. The van der Waals surface area contributed by atoms with E-state index in [9.17, 15) is 4.79 Å². The van der Waals surface area contributed by atoms with Crippen LogP contribution in [0.5, 0.6) is 0 Å². The van der Waals surface area contributed by atoms with E-state index >= 15 is 0 Å². The summed E-state index contributed by atoms with van der Waals surface area (Å²) >= 11 is 0. The number of aryl methyl sites for hydroxylation is 1. The number of carbonyl (C=O) groups excluding carboxylic acids is 1. The molecular formula is C23H25N5O. The van der Waals surface area contributed by atoms with Gasteiger partial charge in [0.25, 0.3) is 5.91 Å². The third-order valence-electron chi connectivity index (χ3n) is 5.30. The number of piperidine rings is 1. The van der Waals surface area contributed by atoms with E-state index < -0.39 is 0 Å². The third kappa shape index (κ3) is 5.16. The van der Waals surface area contributed by atoms with Crippen LogP contribution in [0, 0.1) is 5.92 Å². The Bertz CT molecular complexity index is 932. The van der Waals surface area contributed by atoms with E-state index in [1.807, 2.05) is 41.4 Å². The maximum atomic E-state index is 12.7. The number of rotatable bonds is 6. The maximum Gasteiger partial charge on any atom is 0.255 e. The van der Waals surface area contributed by atoms with E-state index in [0.29, 0.717) is 11.5 Å². The van der Waals surface area contributed by atoms with Crippen LogP contribution in [0.3, 0.4) is 0 Å². The van der Waals surface area contributed by atoms with E-state index in [0.717, 1.165) is 44.0 Å². The van der Waals surface area contributed by atoms with Crippen molar-refractivity contribution in [1.29, 1.82) is 0 Å². The zero-order valence-electron chi connectivity index (χ0n) is 16.4. The van der Waals surface area contributed by atoms with Crippen molar-refractivity contribution in [3.63, 3.8) is 0 Å². The van der Waals surface area contributed by atoms with Crippen LogP contribution in [0.2, 0.25) is 0 Å². The molecule has 3 aromatic heterocycles. The Hall–Kier alpha value is -3.28. The summed E-state index contributed by atoms with van der Waals surface area (Å²) in [5.74, 6) is 2.20. The number of amides is 1. The molecule has 6 heteroatoms. The lowest BCUT2D eigenvalue weighted by molar-refractivity contribution is 0.0668. The molecule has 1 saturated heterocycles. The van der Waals surface area contributed by atoms with Crippen LogP contribution in [0.1, 0.15) is 35.2 Å². The molecular weight excluding hydrogens is 362 g/mol. The molecule has 148 valence electrons. The first-order valence-corrected chi connectivity index (χ1v) is 10.1. The lowest BCUT2D eigenvalue weighted by Gasteiger charge is -2.33. The Kier molecular flexibility index (Phi) is 6.10. The lowest BCUT2D eigenvalue weighted by Crippen LogP contribution is -2.40. The normalized spacial score (nSPS) is 16.4. The number of carbonyl (C=O) groups is 1. The third-order valence-corrected chi connectivity index (χ3v) is 5.30. The average molecular weight is 387 g/mol. The van der Waals surface area contributed by atoms with Gasteiger partial charge >= 0.3 is 0 Å². The molecule has 0 aliphatic carbocycles. The van der Waals surface area contributed by atoms with E-state index in [1.165, 1.54) is 12.0 Å². The van der Waals surface area contributed by atoms with Crippen LogP contribution in [0.15, 0.2) is 67.3 Å². The molecule has 1 aliphatic rings. The number of likely N-dealkylation sites (tertiary alicyclic amines) is 1. The molecule has 3 aromatic rings. The van der Waals surface area contributed by atoms with Gasteiger partial charge in [-0.05, 0) is 73.6 Å². The van der Waals surface area contributed by atoms with Crippen molar-refractivity contribution in [2.45, 2.75) is 25.7 Å². The number of aromatic nitrogens is 3. The van der Waals surface area contributed by atoms with Crippen LogP contribution in [-0.2, 0) is 6.42 Å². The second kappa shape index (κ2) is 9.28. The van der Waals surface area contributed by atoms with Crippen molar-refractivity contribution in [2.75, 3.05) is 18.4 Å². The molecule has 0 radical (unpaired) electrons. The molecule has 6 nitrogen and oxygen atoms in total. The number of nitrogens with zero attached hydrogens (tertiary/aromatic N) is 4. The van der Waals surface area contributed by atoms with Crippen molar-refractivity contribution in [3.8, 4) is 0 Å². The van der Waals surface area contributed by atoms with Crippen molar-refractivity contribution < 1.29 is 4.79 Å². The maximum absolute atomic E-state index is 12.7.